The van der Waals surface area contributed by atoms with E-state index in [1.807, 2.05) is 30.3 Å². The van der Waals surface area contributed by atoms with Crippen LogP contribution in [0.4, 0.5) is 20.2 Å². The second-order valence-corrected chi connectivity index (χ2v) is 4.68. The molecule has 2 nitrogen and oxygen atoms in total. The zero-order chi connectivity index (χ0) is 13.2. The number of hydrogen-bond acceptors (Lipinski definition) is 2. The summed E-state index contributed by atoms with van der Waals surface area (Å²) in [6.45, 7) is 1.26. The first-order chi connectivity index (χ1) is 9.24. The summed E-state index contributed by atoms with van der Waals surface area (Å²) in [5.41, 5.74) is 2.01. The number of rotatable bonds is 1. The van der Waals surface area contributed by atoms with Crippen LogP contribution >= 0.6 is 0 Å². The zero-order valence-electron chi connectivity index (χ0n) is 10.3. The Morgan fingerprint density at radius 1 is 0.947 bits per heavy atom. The Balaban J connectivity index is 1.87. The maximum Gasteiger partial charge on any atom is 0.151 e. The molecule has 1 heterocycles. The average molecular weight is 260 g/mol. The fourth-order valence-corrected chi connectivity index (χ4v) is 2.38. The van der Waals surface area contributed by atoms with Gasteiger partial charge in [-0.2, -0.15) is 0 Å². The SMILES string of the molecule is Fc1cc(F)c2c(c1)NCC(c1ccccc1)CN2. The summed E-state index contributed by atoms with van der Waals surface area (Å²) in [4.78, 5) is 0. The number of fused-ring (bicyclic) bond motifs is 1. The van der Waals surface area contributed by atoms with Gasteiger partial charge in [0.25, 0.3) is 0 Å². The molecule has 1 unspecified atom stereocenters. The largest absolute Gasteiger partial charge is 0.383 e. The van der Waals surface area contributed by atoms with Gasteiger partial charge >= 0.3 is 0 Å². The predicted molar refractivity (Wildman–Crippen MR) is 72.5 cm³/mol. The van der Waals surface area contributed by atoms with Crippen LogP contribution in [0.1, 0.15) is 11.5 Å². The summed E-state index contributed by atoms with van der Waals surface area (Å²) in [6.07, 6.45) is 0. The summed E-state index contributed by atoms with van der Waals surface area (Å²) in [7, 11) is 0. The molecule has 2 aromatic rings. The lowest BCUT2D eigenvalue weighted by Crippen LogP contribution is -2.16. The second-order valence-electron chi connectivity index (χ2n) is 4.68. The van der Waals surface area contributed by atoms with Gasteiger partial charge in [-0.25, -0.2) is 8.78 Å². The van der Waals surface area contributed by atoms with E-state index in [1.54, 1.807) is 0 Å². The van der Waals surface area contributed by atoms with Crippen molar-refractivity contribution in [1.29, 1.82) is 0 Å². The molecule has 1 aliphatic rings. The van der Waals surface area contributed by atoms with E-state index in [4.69, 9.17) is 0 Å². The smallest absolute Gasteiger partial charge is 0.151 e. The van der Waals surface area contributed by atoms with Crippen LogP contribution < -0.4 is 10.6 Å². The van der Waals surface area contributed by atoms with Crippen LogP contribution in [0.3, 0.4) is 0 Å². The fraction of sp³-hybridized carbons (Fsp3) is 0.200. The molecule has 3 rings (SSSR count). The van der Waals surface area contributed by atoms with Gasteiger partial charge < -0.3 is 10.6 Å². The Kier molecular flexibility index (Phi) is 3.07. The molecule has 2 N–H and O–H groups in total. The number of halogens is 2. The summed E-state index contributed by atoms with van der Waals surface area (Å²) in [5, 5.41) is 6.18. The third kappa shape index (κ3) is 2.38. The Hall–Kier alpha value is -2.10. The number of anilines is 2. The summed E-state index contributed by atoms with van der Waals surface area (Å²) in [5.74, 6) is -0.906. The molecule has 1 atom stereocenters. The Bertz CT molecular complexity index is 584. The topological polar surface area (TPSA) is 24.1 Å². The van der Waals surface area contributed by atoms with Gasteiger partial charge in [-0.1, -0.05) is 30.3 Å². The monoisotopic (exact) mass is 260 g/mol. The van der Waals surface area contributed by atoms with Crippen molar-refractivity contribution in [3.8, 4) is 0 Å². The number of hydrogen-bond donors (Lipinski definition) is 2. The molecule has 0 aromatic heterocycles. The molecule has 4 heteroatoms. The first kappa shape index (κ1) is 12.0. The van der Waals surface area contributed by atoms with Gasteiger partial charge in [0, 0.05) is 25.1 Å². The molecule has 1 aliphatic heterocycles. The standard InChI is InChI=1S/C15H14F2N2/c16-12-6-13(17)15-14(7-12)18-8-11(9-19-15)10-4-2-1-3-5-10/h1-7,11,18-19H,8-9H2. The minimum absolute atomic E-state index is 0.219. The van der Waals surface area contributed by atoms with E-state index in [9.17, 15) is 8.78 Å². The highest BCUT2D eigenvalue weighted by Gasteiger charge is 2.19. The van der Waals surface area contributed by atoms with Crippen LogP contribution in [0.15, 0.2) is 42.5 Å². The molecule has 0 saturated carbocycles. The number of benzene rings is 2. The second kappa shape index (κ2) is 4.88. The fourth-order valence-electron chi connectivity index (χ4n) is 2.38. The summed E-state index contributed by atoms with van der Waals surface area (Å²) < 4.78 is 26.9. The van der Waals surface area contributed by atoms with Crippen LogP contribution in [0.25, 0.3) is 0 Å². The van der Waals surface area contributed by atoms with Gasteiger partial charge in [0.1, 0.15) is 5.82 Å². The van der Waals surface area contributed by atoms with Gasteiger partial charge in [0.2, 0.25) is 0 Å². The highest BCUT2D eigenvalue weighted by atomic mass is 19.1. The van der Waals surface area contributed by atoms with Crippen LogP contribution in [0, 0.1) is 11.6 Å². The minimum atomic E-state index is -0.566. The predicted octanol–water partition coefficient (Wildman–Crippen LogP) is 3.59. The van der Waals surface area contributed by atoms with E-state index in [-0.39, 0.29) is 5.92 Å². The third-order valence-electron chi connectivity index (χ3n) is 3.39. The van der Waals surface area contributed by atoms with Crippen LogP contribution in [-0.4, -0.2) is 13.1 Å². The van der Waals surface area contributed by atoms with Crippen molar-refractivity contribution >= 4 is 11.4 Å². The molecule has 0 amide bonds. The lowest BCUT2D eigenvalue weighted by molar-refractivity contribution is 0.586. The molecule has 0 bridgehead atoms. The van der Waals surface area contributed by atoms with E-state index in [0.717, 1.165) is 6.07 Å². The van der Waals surface area contributed by atoms with E-state index in [2.05, 4.69) is 10.6 Å². The van der Waals surface area contributed by atoms with Gasteiger partial charge in [-0.15, -0.1) is 0 Å². The number of nitrogens with one attached hydrogen (secondary N) is 2. The molecule has 0 spiro atoms. The molecule has 0 radical (unpaired) electrons. The third-order valence-corrected chi connectivity index (χ3v) is 3.39. The maximum atomic E-state index is 13.7. The Morgan fingerprint density at radius 2 is 1.68 bits per heavy atom. The molecular formula is C15H14F2N2. The maximum absolute atomic E-state index is 13.7. The normalized spacial score (nSPS) is 17.9. The van der Waals surface area contributed by atoms with Crippen molar-refractivity contribution < 1.29 is 8.78 Å². The van der Waals surface area contributed by atoms with Gasteiger partial charge in [-0.3, -0.25) is 0 Å². The van der Waals surface area contributed by atoms with Gasteiger partial charge in [-0.05, 0) is 11.6 Å². The van der Waals surface area contributed by atoms with Gasteiger partial charge in [0.05, 0.1) is 11.4 Å². The lowest BCUT2D eigenvalue weighted by atomic mass is 9.99. The molecule has 0 aliphatic carbocycles. The molecule has 98 valence electrons. The zero-order valence-corrected chi connectivity index (χ0v) is 10.3. The van der Waals surface area contributed by atoms with E-state index in [0.29, 0.717) is 24.5 Å². The molecule has 0 fully saturated rings. The van der Waals surface area contributed by atoms with E-state index < -0.39 is 11.6 Å². The van der Waals surface area contributed by atoms with Crippen molar-refractivity contribution in [1.82, 2.24) is 0 Å². The minimum Gasteiger partial charge on any atom is -0.383 e. The molecule has 2 aromatic carbocycles. The highest BCUT2D eigenvalue weighted by molar-refractivity contribution is 5.70. The first-order valence-corrected chi connectivity index (χ1v) is 6.26. The van der Waals surface area contributed by atoms with Crippen LogP contribution in [0.2, 0.25) is 0 Å². The van der Waals surface area contributed by atoms with Crippen molar-refractivity contribution in [3.05, 3.63) is 59.7 Å². The molecular weight excluding hydrogens is 246 g/mol. The quantitative estimate of drug-likeness (QED) is 0.818. The Labute approximate surface area is 110 Å². The molecule has 19 heavy (non-hydrogen) atoms. The van der Waals surface area contributed by atoms with Crippen molar-refractivity contribution in [3.63, 3.8) is 0 Å². The Morgan fingerprint density at radius 3 is 2.47 bits per heavy atom. The van der Waals surface area contributed by atoms with Crippen LogP contribution in [0.5, 0.6) is 0 Å². The first-order valence-electron chi connectivity index (χ1n) is 6.26. The van der Waals surface area contributed by atoms with Crippen molar-refractivity contribution in [2.45, 2.75) is 5.92 Å². The van der Waals surface area contributed by atoms with Crippen molar-refractivity contribution in [2.24, 2.45) is 0 Å². The lowest BCUT2D eigenvalue weighted by Gasteiger charge is -2.14. The summed E-state index contributed by atoms with van der Waals surface area (Å²) in [6, 6.07) is 12.2. The van der Waals surface area contributed by atoms with E-state index in [1.165, 1.54) is 11.6 Å². The van der Waals surface area contributed by atoms with Gasteiger partial charge in [0.15, 0.2) is 5.82 Å². The average Bonchev–Trinajstić information content (AvgIpc) is 2.62. The molecule has 0 saturated heterocycles. The summed E-state index contributed by atoms with van der Waals surface area (Å²) >= 11 is 0. The van der Waals surface area contributed by atoms with Crippen LogP contribution in [-0.2, 0) is 0 Å². The highest BCUT2D eigenvalue weighted by Crippen LogP contribution is 2.31. The van der Waals surface area contributed by atoms with E-state index >= 15 is 0 Å². The van der Waals surface area contributed by atoms with Crippen molar-refractivity contribution in [2.75, 3.05) is 23.7 Å².